The molecule has 0 radical (unpaired) electrons. The van der Waals surface area contributed by atoms with Crippen molar-refractivity contribution in [1.82, 2.24) is 19.8 Å². The number of aromatic nitrogens is 2. The number of hydrogen-bond acceptors (Lipinski definition) is 4. The lowest BCUT2D eigenvalue weighted by molar-refractivity contribution is -0.141. The average molecular weight is 500 g/mol. The van der Waals surface area contributed by atoms with Gasteiger partial charge in [0.15, 0.2) is 5.69 Å². The molecule has 0 spiro atoms. The molecule has 3 aromatic rings. The maximum atomic E-state index is 13.1. The number of pyridine rings is 1. The van der Waals surface area contributed by atoms with Crippen molar-refractivity contribution in [1.29, 1.82) is 0 Å². The fourth-order valence-corrected chi connectivity index (χ4v) is 4.81. The molecule has 0 amide bonds. The predicted octanol–water partition coefficient (Wildman–Crippen LogP) is 5.85. The zero-order valence-corrected chi connectivity index (χ0v) is 20.0. The Morgan fingerprint density at radius 2 is 2.00 bits per heavy atom. The van der Waals surface area contributed by atoms with Gasteiger partial charge in [-0.3, -0.25) is 4.90 Å². The molecule has 0 saturated carbocycles. The molecule has 0 fully saturated rings. The summed E-state index contributed by atoms with van der Waals surface area (Å²) in [5.41, 5.74) is 2.50. The van der Waals surface area contributed by atoms with Gasteiger partial charge in [0.25, 0.3) is 0 Å². The summed E-state index contributed by atoms with van der Waals surface area (Å²) < 4.78 is 39.3. The van der Waals surface area contributed by atoms with E-state index in [1.54, 1.807) is 0 Å². The molecule has 1 aliphatic heterocycles. The van der Waals surface area contributed by atoms with Gasteiger partial charge in [-0.2, -0.15) is 13.2 Å². The van der Waals surface area contributed by atoms with Crippen LogP contribution in [-0.2, 0) is 12.6 Å². The van der Waals surface area contributed by atoms with Crippen LogP contribution < -0.4 is 5.32 Å². The molecule has 33 heavy (non-hydrogen) atoms. The maximum Gasteiger partial charge on any atom is 0.434 e. The highest BCUT2D eigenvalue weighted by Crippen LogP contribution is 2.37. The zero-order valence-electron chi connectivity index (χ0n) is 18.4. The molecule has 2 aromatic heterocycles. The highest BCUT2D eigenvalue weighted by molar-refractivity contribution is 6.31. The number of benzene rings is 1. The van der Waals surface area contributed by atoms with E-state index in [-0.39, 0.29) is 11.9 Å². The molecule has 10 heteroatoms. The first-order chi connectivity index (χ1) is 15.6. The van der Waals surface area contributed by atoms with Crippen molar-refractivity contribution in [3.05, 3.63) is 57.3 Å². The molecule has 2 N–H and O–H groups in total. The summed E-state index contributed by atoms with van der Waals surface area (Å²) in [5.74, 6) is 0.162. The van der Waals surface area contributed by atoms with Crippen molar-refractivity contribution in [2.24, 2.45) is 0 Å². The molecule has 0 bridgehead atoms. The Balaban J connectivity index is 1.51. The monoisotopic (exact) mass is 499 g/mol. The van der Waals surface area contributed by atoms with E-state index in [4.69, 9.17) is 23.2 Å². The van der Waals surface area contributed by atoms with Crippen molar-refractivity contribution in [3.8, 4) is 0 Å². The number of nitrogens with zero attached hydrogens (tertiary/aromatic N) is 3. The highest BCUT2D eigenvalue weighted by Gasteiger charge is 2.35. The molecule has 5 nitrogen and oxygen atoms in total. The van der Waals surface area contributed by atoms with E-state index in [9.17, 15) is 13.2 Å². The van der Waals surface area contributed by atoms with Crippen LogP contribution in [0.1, 0.15) is 29.4 Å². The smallest absolute Gasteiger partial charge is 0.369 e. The molecule has 3 heterocycles. The third-order valence-corrected chi connectivity index (χ3v) is 6.53. The van der Waals surface area contributed by atoms with Crippen LogP contribution in [0.25, 0.3) is 10.9 Å². The number of halogens is 5. The van der Waals surface area contributed by atoms with Gasteiger partial charge in [-0.1, -0.05) is 23.2 Å². The molecule has 1 aromatic carbocycles. The predicted molar refractivity (Wildman–Crippen MR) is 127 cm³/mol. The quantitative estimate of drug-likeness (QED) is 0.427. The Bertz CT molecular complexity index is 1130. The third kappa shape index (κ3) is 5.40. The van der Waals surface area contributed by atoms with Crippen molar-refractivity contribution in [3.63, 3.8) is 0 Å². The van der Waals surface area contributed by atoms with Crippen molar-refractivity contribution in [2.75, 3.05) is 45.6 Å². The molecule has 1 atom stereocenters. The van der Waals surface area contributed by atoms with Crippen LogP contribution in [0, 0.1) is 0 Å². The normalized spacial score (nSPS) is 17.0. The Morgan fingerprint density at radius 1 is 1.21 bits per heavy atom. The molecule has 1 aliphatic rings. The number of H-pyrrole nitrogens is 1. The van der Waals surface area contributed by atoms with E-state index in [2.05, 4.69) is 25.1 Å². The largest absolute Gasteiger partial charge is 0.434 e. The van der Waals surface area contributed by atoms with Gasteiger partial charge >= 0.3 is 6.18 Å². The minimum absolute atomic E-state index is 0.162. The number of aromatic amines is 1. The summed E-state index contributed by atoms with van der Waals surface area (Å²) in [6, 6.07) is 8.77. The van der Waals surface area contributed by atoms with Crippen molar-refractivity contribution >= 4 is 39.9 Å². The lowest BCUT2D eigenvalue weighted by atomic mass is 9.95. The maximum absolute atomic E-state index is 13.1. The average Bonchev–Trinajstić information content (AvgIpc) is 3.11. The summed E-state index contributed by atoms with van der Waals surface area (Å²) in [6.07, 6.45) is -2.78. The van der Waals surface area contributed by atoms with Crippen LogP contribution in [-0.4, -0.2) is 60.0 Å². The van der Waals surface area contributed by atoms with E-state index in [1.807, 2.05) is 32.3 Å². The second-order valence-electron chi connectivity index (χ2n) is 8.55. The Kier molecular flexibility index (Phi) is 7.09. The molecule has 0 saturated heterocycles. The molecule has 178 valence electrons. The number of fused-ring (bicyclic) bond motifs is 3. The fourth-order valence-electron chi connectivity index (χ4n) is 4.43. The number of nitrogens with one attached hydrogen (secondary N) is 2. The van der Waals surface area contributed by atoms with E-state index in [1.165, 1.54) is 23.4 Å². The topological polar surface area (TPSA) is 47.2 Å². The second-order valence-corrected chi connectivity index (χ2v) is 9.40. The van der Waals surface area contributed by atoms with Gasteiger partial charge in [-0.05, 0) is 69.4 Å². The van der Waals surface area contributed by atoms with Gasteiger partial charge in [-0.25, -0.2) is 4.98 Å². The first-order valence-electron chi connectivity index (χ1n) is 10.8. The summed E-state index contributed by atoms with van der Waals surface area (Å²) in [4.78, 5) is 11.8. The third-order valence-electron chi connectivity index (χ3n) is 5.99. The van der Waals surface area contributed by atoms with Gasteiger partial charge in [0.1, 0.15) is 5.82 Å². The molecule has 0 aliphatic carbocycles. The lowest BCUT2D eigenvalue weighted by Crippen LogP contribution is -2.39. The molecule has 1 unspecified atom stereocenters. The van der Waals surface area contributed by atoms with E-state index in [0.29, 0.717) is 13.1 Å². The number of rotatable bonds is 7. The molecule has 4 rings (SSSR count). The van der Waals surface area contributed by atoms with E-state index in [0.717, 1.165) is 41.9 Å². The Labute approximate surface area is 200 Å². The fraction of sp³-hybridized carbons (Fsp3) is 0.435. The summed E-state index contributed by atoms with van der Waals surface area (Å²) in [6.45, 7) is 2.90. The minimum Gasteiger partial charge on any atom is -0.369 e. The SMILES string of the molecule is CN(C)CCC1c2[nH]c3ccc(Cl)cc3c2CCN1CCNc1ccc(Cl)c(C(F)(F)F)n1. The molecular weight excluding hydrogens is 474 g/mol. The van der Waals surface area contributed by atoms with Crippen LogP contribution in [0.4, 0.5) is 19.0 Å². The summed E-state index contributed by atoms with van der Waals surface area (Å²) in [7, 11) is 4.09. The zero-order chi connectivity index (χ0) is 23.8. The van der Waals surface area contributed by atoms with Crippen LogP contribution in [0.5, 0.6) is 0 Å². The standard InChI is InChI=1S/C23H26Cl2F3N5/c1-32(2)10-8-19-21-15(16-13-14(24)3-5-18(16)30-21)7-11-33(19)12-9-29-20-6-4-17(25)22(31-20)23(26,27)28/h3-6,13,19,30H,7-12H2,1-2H3,(H,29,31). The van der Waals surface area contributed by atoms with Crippen LogP contribution in [0.2, 0.25) is 10.0 Å². The van der Waals surface area contributed by atoms with Crippen LogP contribution in [0.15, 0.2) is 30.3 Å². The number of hydrogen-bond donors (Lipinski definition) is 2. The highest BCUT2D eigenvalue weighted by atomic mass is 35.5. The molecular formula is C23H26Cl2F3N5. The first-order valence-corrected chi connectivity index (χ1v) is 11.6. The lowest BCUT2D eigenvalue weighted by Gasteiger charge is -2.36. The van der Waals surface area contributed by atoms with Crippen molar-refractivity contribution < 1.29 is 13.2 Å². The first kappa shape index (κ1) is 24.1. The van der Waals surface area contributed by atoms with Gasteiger partial charge in [0.2, 0.25) is 0 Å². The number of alkyl halides is 3. The van der Waals surface area contributed by atoms with Gasteiger partial charge in [0, 0.05) is 41.3 Å². The van der Waals surface area contributed by atoms with Gasteiger partial charge in [-0.15, -0.1) is 0 Å². The second kappa shape index (κ2) is 9.70. The Morgan fingerprint density at radius 3 is 2.73 bits per heavy atom. The van der Waals surface area contributed by atoms with Gasteiger partial charge in [0.05, 0.1) is 11.1 Å². The Hall–Kier alpha value is -2.00. The van der Waals surface area contributed by atoms with Crippen LogP contribution in [0.3, 0.4) is 0 Å². The van der Waals surface area contributed by atoms with E-state index < -0.39 is 16.9 Å². The number of anilines is 1. The minimum atomic E-state index is -4.59. The van der Waals surface area contributed by atoms with E-state index >= 15 is 0 Å². The van der Waals surface area contributed by atoms with Crippen molar-refractivity contribution in [2.45, 2.75) is 25.1 Å². The summed E-state index contributed by atoms with van der Waals surface area (Å²) >= 11 is 11.9. The van der Waals surface area contributed by atoms with Crippen LogP contribution >= 0.6 is 23.2 Å². The van der Waals surface area contributed by atoms with Gasteiger partial charge < -0.3 is 15.2 Å². The summed E-state index contributed by atoms with van der Waals surface area (Å²) in [5, 5.41) is 4.50.